The van der Waals surface area contributed by atoms with Crippen LogP contribution >= 0.6 is 11.3 Å². The van der Waals surface area contributed by atoms with Crippen LogP contribution in [0, 0.1) is 5.82 Å². The molecule has 0 bridgehead atoms. The number of alkyl halides is 1. The van der Waals surface area contributed by atoms with Crippen molar-refractivity contribution >= 4 is 44.7 Å². The quantitative estimate of drug-likeness (QED) is 0.429. The first kappa shape index (κ1) is 21.8. The van der Waals surface area contributed by atoms with E-state index in [2.05, 4.69) is 25.9 Å². The van der Waals surface area contributed by atoms with E-state index in [0.29, 0.717) is 23.6 Å². The van der Waals surface area contributed by atoms with Gasteiger partial charge in [-0.15, -0.1) is 11.3 Å². The van der Waals surface area contributed by atoms with E-state index in [1.807, 2.05) is 6.92 Å². The fourth-order valence-electron chi connectivity index (χ4n) is 2.68. The van der Waals surface area contributed by atoms with Crippen LogP contribution in [0.25, 0.3) is 10.2 Å². The molecule has 7 nitrogen and oxygen atoms in total. The predicted octanol–water partition coefficient (Wildman–Crippen LogP) is 3.84. The number of carbonyl (C=O) groups is 1. The van der Waals surface area contributed by atoms with Gasteiger partial charge in [0.15, 0.2) is 0 Å². The van der Waals surface area contributed by atoms with Gasteiger partial charge in [0.05, 0.1) is 44.8 Å². The van der Waals surface area contributed by atoms with E-state index in [0.717, 1.165) is 4.70 Å². The molecule has 1 amide bonds. The fourth-order valence-corrected chi connectivity index (χ4v) is 3.38. The average Bonchev–Trinajstić information content (AvgIpc) is 3.13. The van der Waals surface area contributed by atoms with Crippen LogP contribution in [0.3, 0.4) is 0 Å². The lowest BCUT2D eigenvalue weighted by atomic mass is 10.0. The number of hydrogen-bond acceptors (Lipinski definition) is 7. The molecular formula is C20H23F2N5O2S. The number of carbonyl (C=O) groups excluding carboxylic acids is 1. The highest BCUT2D eigenvalue weighted by Gasteiger charge is 2.27. The smallest absolute Gasteiger partial charge is 0.255 e. The zero-order chi connectivity index (χ0) is 21.9. The molecule has 0 spiro atoms. The molecule has 0 radical (unpaired) electrons. The topological polar surface area (TPSA) is 99.2 Å². The molecule has 1 aromatic carbocycles. The summed E-state index contributed by atoms with van der Waals surface area (Å²) in [5, 5.41) is 18.1. The first-order valence-corrected chi connectivity index (χ1v) is 10.2. The van der Waals surface area contributed by atoms with Gasteiger partial charge in [-0.2, -0.15) is 0 Å². The second-order valence-electron chi connectivity index (χ2n) is 7.25. The predicted molar refractivity (Wildman–Crippen MR) is 115 cm³/mol. The molecule has 0 aliphatic heterocycles. The molecule has 4 N–H and O–H groups in total. The van der Waals surface area contributed by atoms with E-state index in [-0.39, 0.29) is 17.8 Å². The van der Waals surface area contributed by atoms with Gasteiger partial charge in [-0.05, 0) is 26.8 Å². The van der Waals surface area contributed by atoms with Crippen molar-refractivity contribution in [2.24, 2.45) is 0 Å². The third-order valence-corrected chi connectivity index (χ3v) is 5.20. The molecule has 2 heterocycles. The Bertz CT molecular complexity index is 1050. The fraction of sp³-hybridized carbons (Fsp3) is 0.350. The Kier molecular flexibility index (Phi) is 6.47. The van der Waals surface area contributed by atoms with Crippen molar-refractivity contribution < 1.29 is 18.7 Å². The van der Waals surface area contributed by atoms with Gasteiger partial charge in [0.25, 0.3) is 5.91 Å². The molecule has 3 rings (SSSR count). The number of halogens is 2. The van der Waals surface area contributed by atoms with Gasteiger partial charge in [-0.3, -0.25) is 4.79 Å². The number of rotatable bonds is 8. The Labute approximate surface area is 176 Å². The van der Waals surface area contributed by atoms with E-state index in [1.165, 1.54) is 37.4 Å². The molecule has 10 heteroatoms. The Morgan fingerprint density at radius 3 is 2.73 bits per heavy atom. The van der Waals surface area contributed by atoms with Crippen LogP contribution in [-0.2, 0) is 0 Å². The maximum Gasteiger partial charge on any atom is 0.255 e. The number of aliphatic hydroxyl groups is 1. The minimum absolute atomic E-state index is 0.212. The summed E-state index contributed by atoms with van der Waals surface area (Å²) in [6, 6.07) is 4.57. The van der Waals surface area contributed by atoms with Gasteiger partial charge in [-0.25, -0.2) is 18.7 Å². The van der Waals surface area contributed by atoms with Crippen molar-refractivity contribution in [2.45, 2.75) is 32.5 Å². The number of nitrogens with one attached hydrogen (secondary N) is 3. The van der Waals surface area contributed by atoms with Crippen molar-refractivity contribution in [3.8, 4) is 0 Å². The highest BCUT2D eigenvalue weighted by Crippen LogP contribution is 2.28. The van der Waals surface area contributed by atoms with Crippen LogP contribution in [0.15, 0.2) is 29.9 Å². The summed E-state index contributed by atoms with van der Waals surface area (Å²) in [6.07, 6.45) is -0.293. The zero-order valence-electron chi connectivity index (χ0n) is 16.8. The lowest BCUT2D eigenvalue weighted by Crippen LogP contribution is -2.42. The number of amides is 1. The highest BCUT2D eigenvalue weighted by atomic mass is 32.1. The van der Waals surface area contributed by atoms with Crippen LogP contribution in [0.1, 0.15) is 31.1 Å². The van der Waals surface area contributed by atoms with Gasteiger partial charge in [0.1, 0.15) is 17.8 Å². The number of hydrogen-bond donors (Lipinski definition) is 4. The van der Waals surface area contributed by atoms with Crippen LogP contribution in [0.5, 0.6) is 0 Å². The molecule has 0 fully saturated rings. The molecule has 2 aromatic heterocycles. The number of nitrogens with zero attached hydrogens (tertiary/aromatic N) is 2. The minimum atomic E-state index is -1.62. The Morgan fingerprint density at radius 1 is 1.27 bits per heavy atom. The maximum atomic E-state index is 14.3. The van der Waals surface area contributed by atoms with Crippen molar-refractivity contribution in [1.82, 2.24) is 15.3 Å². The second kappa shape index (κ2) is 8.88. The van der Waals surface area contributed by atoms with Gasteiger partial charge in [0, 0.05) is 24.9 Å². The third kappa shape index (κ3) is 5.00. The van der Waals surface area contributed by atoms with E-state index in [1.54, 1.807) is 17.6 Å². The molecule has 0 aliphatic rings. The van der Waals surface area contributed by atoms with E-state index in [4.69, 9.17) is 0 Å². The number of anilines is 3. The Hall–Kier alpha value is -2.85. The van der Waals surface area contributed by atoms with Gasteiger partial charge in [-0.1, -0.05) is 0 Å². The zero-order valence-corrected chi connectivity index (χ0v) is 17.6. The largest absolute Gasteiger partial charge is 0.387 e. The van der Waals surface area contributed by atoms with Crippen molar-refractivity contribution in [3.63, 3.8) is 0 Å². The molecule has 3 aromatic rings. The monoisotopic (exact) mass is 435 g/mol. The van der Waals surface area contributed by atoms with E-state index < -0.39 is 23.5 Å². The van der Waals surface area contributed by atoms with Crippen LogP contribution in [0.4, 0.5) is 26.0 Å². The molecular weight excluding hydrogens is 412 g/mol. The Morgan fingerprint density at radius 2 is 2.03 bits per heavy atom. The van der Waals surface area contributed by atoms with Crippen molar-refractivity contribution in [1.29, 1.82) is 0 Å². The van der Waals surface area contributed by atoms with Gasteiger partial charge < -0.3 is 21.1 Å². The lowest BCUT2D eigenvalue weighted by Gasteiger charge is -2.22. The number of aromatic nitrogens is 2. The lowest BCUT2D eigenvalue weighted by molar-refractivity contribution is -0.00177. The number of pyridine rings is 1. The first-order valence-electron chi connectivity index (χ1n) is 9.37. The average molecular weight is 436 g/mol. The maximum absolute atomic E-state index is 14.3. The minimum Gasteiger partial charge on any atom is -0.387 e. The van der Waals surface area contributed by atoms with Crippen LogP contribution in [-0.4, -0.2) is 45.8 Å². The SMILES string of the molecule is CCNc1cc(Nc2cc3scnc3cc2F)ncc1C(=O)NCC(F)C(C)(C)O. The summed E-state index contributed by atoms with van der Waals surface area (Å²) in [5.74, 6) is -0.665. The van der Waals surface area contributed by atoms with Gasteiger partial charge in [0.2, 0.25) is 0 Å². The van der Waals surface area contributed by atoms with Gasteiger partial charge >= 0.3 is 0 Å². The van der Waals surface area contributed by atoms with E-state index in [9.17, 15) is 18.7 Å². The highest BCUT2D eigenvalue weighted by molar-refractivity contribution is 7.16. The Balaban J connectivity index is 1.80. The summed E-state index contributed by atoms with van der Waals surface area (Å²) < 4.78 is 29.1. The second-order valence-corrected chi connectivity index (χ2v) is 8.14. The number of thiazole rings is 1. The first-order chi connectivity index (χ1) is 14.2. The number of fused-ring (bicyclic) bond motifs is 1. The molecule has 1 unspecified atom stereocenters. The molecule has 0 aliphatic carbocycles. The molecule has 0 saturated carbocycles. The van der Waals surface area contributed by atoms with E-state index >= 15 is 0 Å². The van der Waals surface area contributed by atoms with Crippen molar-refractivity contribution in [2.75, 3.05) is 23.7 Å². The van der Waals surface area contributed by atoms with Crippen LogP contribution in [0.2, 0.25) is 0 Å². The molecule has 0 saturated heterocycles. The van der Waals surface area contributed by atoms with Crippen molar-refractivity contribution in [3.05, 3.63) is 41.3 Å². The van der Waals surface area contributed by atoms with Crippen LogP contribution < -0.4 is 16.0 Å². The summed E-state index contributed by atoms with van der Waals surface area (Å²) in [6.45, 7) is 4.71. The third-order valence-electron chi connectivity index (χ3n) is 4.41. The summed E-state index contributed by atoms with van der Waals surface area (Å²) >= 11 is 1.40. The molecule has 1 atom stereocenters. The molecule has 160 valence electrons. The molecule has 30 heavy (non-hydrogen) atoms. The summed E-state index contributed by atoms with van der Waals surface area (Å²) in [5.41, 5.74) is 1.57. The normalized spacial score (nSPS) is 12.6. The standard InChI is InChI=1S/C20H23F2N5O2S/c1-4-23-13-7-18(27-14-6-16-15(5-12(14)21)26-10-30-16)24-8-11(13)19(28)25-9-17(22)20(2,3)29/h5-8,10,17,29H,4,9H2,1-3H3,(H,25,28)(H2,23,24,27). The summed E-state index contributed by atoms with van der Waals surface area (Å²) in [7, 11) is 0. The number of benzene rings is 1. The summed E-state index contributed by atoms with van der Waals surface area (Å²) in [4.78, 5) is 20.8.